The Labute approximate surface area is 103 Å². The minimum absolute atomic E-state index is 0.193. The highest BCUT2D eigenvalue weighted by atomic mass is 32.2. The second kappa shape index (κ2) is 6.02. The minimum Gasteiger partial charge on any atom is -0.326 e. The fourth-order valence-electron chi connectivity index (χ4n) is 1.47. The molecule has 0 unspecified atom stereocenters. The van der Waals surface area contributed by atoms with Crippen LogP contribution in [0.4, 0.5) is 5.69 Å². The number of unbranched alkanes of at least 4 members (excludes halogenated alkanes) is 1. The summed E-state index contributed by atoms with van der Waals surface area (Å²) < 4.78 is 25.2. The molecule has 0 fully saturated rings. The van der Waals surface area contributed by atoms with Gasteiger partial charge in [-0.3, -0.25) is 4.31 Å². The average molecular weight is 256 g/mol. The third-order valence-corrected chi connectivity index (χ3v) is 4.56. The second-order valence-electron chi connectivity index (χ2n) is 4.01. The van der Waals surface area contributed by atoms with Crippen LogP contribution in [0.2, 0.25) is 0 Å². The first-order valence-electron chi connectivity index (χ1n) is 5.77. The van der Waals surface area contributed by atoms with Crippen LogP contribution in [-0.2, 0) is 16.6 Å². The van der Waals surface area contributed by atoms with Crippen molar-refractivity contribution in [2.24, 2.45) is 5.73 Å². The largest absolute Gasteiger partial charge is 0.326 e. The summed E-state index contributed by atoms with van der Waals surface area (Å²) in [4.78, 5) is 0. The van der Waals surface area contributed by atoms with E-state index in [2.05, 4.69) is 0 Å². The van der Waals surface area contributed by atoms with Crippen molar-refractivity contribution in [2.75, 3.05) is 17.1 Å². The van der Waals surface area contributed by atoms with E-state index < -0.39 is 10.0 Å². The van der Waals surface area contributed by atoms with E-state index in [1.54, 1.807) is 19.2 Å². The van der Waals surface area contributed by atoms with Gasteiger partial charge in [0.2, 0.25) is 10.0 Å². The van der Waals surface area contributed by atoms with Crippen molar-refractivity contribution in [2.45, 2.75) is 26.3 Å². The lowest BCUT2D eigenvalue weighted by molar-refractivity contribution is 0.591. The van der Waals surface area contributed by atoms with Gasteiger partial charge in [0.1, 0.15) is 0 Å². The molecule has 0 saturated carbocycles. The molecule has 0 saturated heterocycles. The van der Waals surface area contributed by atoms with E-state index in [0.29, 0.717) is 18.7 Å². The Bertz CT molecular complexity index is 440. The molecule has 1 aromatic rings. The molecule has 4 nitrogen and oxygen atoms in total. The highest BCUT2D eigenvalue weighted by Crippen LogP contribution is 2.17. The Kier molecular flexibility index (Phi) is 4.96. The number of sulfonamides is 1. The summed E-state index contributed by atoms with van der Waals surface area (Å²) in [6.45, 7) is 2.44. The number of hydrogen-bond acceptors (Lipinski definition) is 3. The van der Waals surface area contributed by atoms with Crippen molar-refractivity contribution in [1.82, 2.24) is 0 Å². The van der Waals surface area contributed by atoms with Gasteiger partial charge in [-0.1, -0.05) is 25.5 Å². The Morgan fingerprint density at radius 1 is 1.24 bits per heavy atom. The van der Waals surface area contributed by atoms with Crippen LogP contribution in [0.1, 0.15) is 25.3 Å². The number of benzene rings is 1. The highest BCUT2D eigenvalue weighted by molar-refractivity contribution is 7.92. The maximum atomic E-state index is 11.9. The van der Waals surface area contributed by atoms with Crippen molar-refractivity contribution in [3.8, 4) is 0 Å². The van der Waals surface area contributed by atoms with Gasteiger partial charge in [0.25, 0.3) is 0 Å². The summed E-state index contributed by atoms with van der Waals surface area (Å²) in [5, 5.41) is 0. The number of anilines is 1. The van der Waals surface area contributed by atoms with Crippen LogP contribution < -0.4 is 10.0 Å². The monoisotopic (exact) mass is 256 g/mol. The van der Waals surface area contributed by atoms with Crippen molar-refractivity contribution in [1.29, 1.82) is 0 Å². The van der Waals surface area contributed by atoms with Crippen LogP contribution in [0.15, 0.2) is 24.3 Å². The van der Waals surface area contributed by atoms with Crippen LogP contribution in [0.3, 0.4) is 0 Å². The summed E-state index contributed by atoms with van der Waals surface area (Å²) in [5.41, 5.74) is 7.17. The molecule has 0 aliphatic heterocycles. The second-order valence-corrected chi connectivity index (χ2v) is 6.13. The molecule has 0 atom stereocenters. The third-order valence-electron chi connectivity index (χ3n) is 2.71. The summed E-state index contributed by atoms with van der Waals surface area (Å²) in [6, 6.07) is 7.26. The molecule has 5 heteroatoms. The van der Waals surface area contributed by atoms with Crippen LogP contribution in [-0.4, -0.2) is 21.2 Å². The predicted octanol–water partition coefficient (Wildman–Crippen LogP) is 1.71. The van der Waals surface area contributed by atoms with Gasteiger partial charge in [0, 0.05) is 13.6 Å². The lowest BCUT2D eigenvalue weighted by Gasteiger charge is -2.19. The van der Waals surface area contributed by atoms with Gasteiger partial charge in [-0.25, -0.2) is 8.42 Å². The first-order chi connectivity index (χ1) is 8.01. The van der Waals surface area contributed by atoms with Gasteiger partial charge in [0.15, 0.2) is 0 Å². The topological polar surface area (TPSA) is 63.4 Å². The SMILES string of the molecule is CCCCS(=O)(=O)N(C)c1ccc(CN)cc1. The van der Waals surface area contributed by atoms with Gasteiger partial charge in [-0.2, -0.15) is 0 Å². The van der Waals surface area contributed by atoms with Gasteiger partial charge < -0.3 is 5.73 Å². The third kappa shape index (κ3) is 3.71. The number of rotatable bonds is 6. The summed E-state index contributed by atoms with van der Waals surface area (Å²) >= 11 is 0. The van der Waals surface area contributed by atoms with Crippen LogP contribution >= 0.6 is 0 Å². The van der Waals surface area contributed by atoms with E-state index in [9.17, 15) is 8.42 Å². The molecule has 0 amide bonds. The molecule has 0 aliphatic carbocycles. The molecule has 0 heterocycles. The molecule has 0 radical (unpaired) electrons. The Hall–Kier alpha value is -1.07. The number of nitrogens with two attached hydrogens (primary N) is 1. The molecule has 0 aromatic heterocycles. The molecule has 96 valence electrons. The van der Waals surface area contributed by atoms with Gasteiger partial charge in [-0.15, -0.1) is 0 Å². The first-order valence-corrected chi connectivity index (χ1v) is 7.37. The van der Waals surface area contributed by atoms with Gasteiger partial charge in [0.05, 0.1) is 11.4 Å². The Balaban J connectivity index is 2.84. The van der Waals surface area contributed by atoms with E-state index in [0.717, 1.165) is 12.0 Å². The quantitative estimate of drug-likeness (QED) is 0.842. The fraction of sp³-hybridized carbons (Fsp3) is 0.500. The van der Waals surface area contributed by atoms with E-state index in [-0.39, 0.29) is 5.75 Å². The summed E-state index contributed by atoms with van der Waals surface area (Å²) in [7, 11) is -1.61. The van der Waals surface area contributed by atoms with E-state index in [1.165, 1.54) is 4.31 Å². The van der Waals surface area contributed by atoms with Crippen molar-refractivity contribution in [3.63, 3.8) is 0 Å². The maximum Gasteiger partial charge on any atom is 0.234 e. The first kappa shape index (κ1) is 14.0. The Morgan fingerprint density at radius 3 is 2.29 bits per heavy atom. The normalized spacial score (nSPS) is 11.5. The standard InChI is InChI=1S/C12H20N2O2S/c1-3-4-9-17(15,16)14(2)12-7-5-11(10-13)6-8-12/h5-8H,3-4,9-10,13H2,1-2H3. The van der Waals surface area contributed by atoms with Gasteiger partial charge in [-0.05, 0) is 24.1 Å². The average Bonchev–Trinajstić information content (AvgIpc) is 2.35. The van der Waals surface area contributed by atoms with E-state index >= 15 is 0 Å². The highest BCUT2D eigenvalue weighted by Gasteiger charge is 2.17. The van der Waals surface area contributed by atoms with Crippen LogP contribution in [0.5, 0.6) is 0 Å². The van der Waals surface area contributed by atoms with Crippen LogP contribution in [0.25, 0.3) is 0 Å². The zero-order valence-electron chi connectivity index (χ0n) is 10.4. The lowest BCUT2D eigenvalue weighted by Crippen LogP contribution is -2.28. The molecule has 1 aromatic carbocycles. The molecule has 0 bridgehead atoms. The fourth-order valence-corrected chi connectivity index (χ4v) is 2.84. The smallest absolute Gasteiger partial charge is 0.234 e. The molecular weight excluding hydrogens is 236 g/mol. The van der Waals surface area contributed by atoms with Crippen molar-refractivity contribution < 1.29 is 8.42 Å². The molecule has 17 heavy (non-hydrogen) atoms. The lowest BCUT2D eigenvalue weighted by atomic mass is 10.2. The van der Waals surface area contributed by atoms with Crippen LogP contribution in [0, 0.1) is 0 Å². The number of nitrogens with zero attached hydrogens (tertiary/aromatic N) is 1. The zero-order valence-corrected chi connectivity index (χ0v) is 11.2. The molecular formula is C12H20N2O2S. The zero-order chi connectivity index (χ0) is 12.9. The molecule has 1 rings (SSSR count). The summed E-state index contributed by atoms with van der Waals surface area (Å²) in [5.74, 6) is 0.193. The van der Waals surface area contributed by atoms with E-state index in [4.69, 9.17) is 5.73 Å². The van der Waals surface area contributed by atoms with Gasteiger partial charge >= 0.3 is 0 Å². The van der Waals surface area contributed by atoms with Crippen molar-refractivity contribution in [3.05, 3.63) is 29.8 Å². The Morgan fingerprint density at radius 2 is 1.82 bits per heavy atom. The van der Waals surface area contributed by atoms with Crippen molar-refractivity contribution >= 4 is 15.7 Å². The molecule has 2 N–H and O–H groups in total. The number of hydrogen-bond donors (Lipinski definition) is 1. The van der Waals surface area contributed by atoms with E-state index in [1.807, 2.05) is 19.1 Å². The minimum atomic E-state index is -3.19. The predicted molar refractivity (Wildman–Crippen MR) is 71.4 cm³/mol. The summed E-state index contributed by atoms with van der Waals surface area (Å²) in [6.07, 6.45) is 1.56. The maximum absolute atomic E-state index is 11.9. The molecule has 0 spiro atoms. The molecule has 0 aliphatic rings.